The van der Waals surface area contributed by atoms with E-state index in [4.69, 9.17) is 5.73 Å². The van der Waals surface area contributed by atoms with E-state index in [0.29, 0.717) is 30.2 Å². The molecule has 1 aromatic carbocycles. The maximum Gasteiger partial charge on any atom is 0.341 e. The standard InChI is InChI=1S/C21H24FN3O3/c1-21-5-4-11(19(21)23)8-24(10-21)17-7-16-13(6-15(17)22)18(26)14(20(27)28)9-25(16)12-2-3-12/h6-7,9,11-12,19H,2-5,8,10,23H2,1H3,(H,27,28). The summed E-state index contributed by atoms with van der Waals surface area (Å²) in [4.78, 5) is 26.2. The van der Waals surface area contributed by atoms with Crippen LogP contribution in [-0.4, -0.2) is 34.8 Å². The van der Waals surface area contributed by atoms with Crippen LogP contribution in [0.15, 0.2) is 23.1 Å². The van der Waals surface area contributed by atoms with Crippen LogP contribution in [0.5, 0.6) is 0 Å². The number of nitrogens with zero attached hydrogens (tertiary/aromatic N) is 2. The lowest BCUT2D eigenvalue weighted by Gasteiger charge is -2.44. The van der Waals surface area contributed by atoms with E-state index >= 15 is 4.39 Å². The Balaban J connectivity index is 1.67. The molecule has 0 spiro atoms. The van der Waals surface area contributed by atoms with E-state index in [1.807, 2.05) is 4.57 Å². The highest BCUT2D eigenvalue weighted by Gasteiger charge is 2.48. The van der Waals surface area contributed by atoms with E-state index in [1.165, 1.54) is 12.3 Å². The van der Waals surface area contributed by atoms with Crippen molar-refractivity contribution in [2.75, 3.05) is 18.0 Å². The molecule has 2 aliphatic carbocycles. The van der Waals surface area contributed by atoms with Crippen molar-refractivity contribution in [3.05, 3.63) is 39.9 Å². The Morgan fingerprint density at radius 1 is 1.32 bits per heavy atom. The van der Waals surface area contributed by atoms with Crippen molar-refractivity contribution in [1.29, 1.82) is 0 Å². The third kappa shape index (κ3) is 2.49. The molecule has 0 amide bonds. The van der Waals surface area contributed by atoms with Gasteiger partial charge in [-0.1, -0.05) is 6.92 Å². The number of carboxylic acid groups (broad SMARTS) is 1. The lowest BCUT2D eigenvalue weighted by atomic mass is 9.79. The summed E-state index contributed by atoms with van der Waals surface area (Å²) in [6.45, 7) is 3.57. The molecule has 7 heteroatoms. The lowest BCUT2D eigenvalue weighted by molar-refractivity contribution is 0.0695. The number of fused-ring (bicyclic) bond motifs is 3. The number of nitrogens with two attached hydrogens (primary N) is 1. The molecular weight excluding hydrogens is 361 g/mol. The number of aromatic nitrogens is 1. The van der Waals surface area contributed by atoms with E-state index in [2.05, 4.69) is 11.8 Å². The number of rotatable bonds is 3. The Bertz CT molecular complexity index is 1060. The SMILES string of the molecule is CC12CCC(CN(c3cc4c(cc3F)c(=O)c(C(=O)O)cn4C3CC3)C1)C2N. The number of hydrogen-bond donors (Lipinski definition) is 2. The van der Waals surface area contributed by atoms with Crippen LogP contribution < -0.4 is 16.1 Å². The molecule has 2 bridgehead atoms. The van der Waals surface area contributed by atoms with Gasteiger partial charge in [0.25, 0.3) is 0 Å². The van der Waals surface area contributed by atoms with Crippen molar-refractivity contribution in [2.24, 2.45) is 17.1 Å². The highest BCUT2D eigenvalue weighted by molar-refractivity contribution is 5.93. The second-order valence-electron chi connectivity index (χ2n) is 9.00. The zero-order valence-corrected chi connectivity index (χ0v) is 15.8. The van der Waals surface area contributed by atoms with Gasteiger partial charge in [-0.2, -0.15) is 0 Å². The van der Waals surface area contributed by atoms with Gasteiger partial charge in [0.05, 0.1) is 11.2 Å². The topological polar surface area (TPSA) is 88.6 Å². The van der Waals surface area contributed by atoms with Gasteiger partial charge >= 0.3 is 5.97 Å². The van der Waals surface area contributed by atoms with Gasteiger partial charge in [0.1, 0.15) is 11.4 Å². The third-order valence-electron chi connectivity index (χ3n) is 7.02. The van der Waals surface area contributed by atoms with E-state index in [-0.39, 0.29) is 28.4 Å². The van der Waals surface area contributed by atoms with E-state index in [0.717, 1.165) is 25.7 Å². The molecule has 3 aliphatic rings. The van der Waals surface area contributed by atoms with Gasteiger partial charge in [-0.05, 0) is 43.7 Å². The molecule has 148 valence electrons. The number of halogens is 1. The summed E-state index contributed by atoms with van der Waals surface area (Å²) in [5.74, 6) is -1.41. The Morgan fingerprint density at radius 2 is 2.07 bits per heavy atom. The Labute approximate surface area is 161 Å². The summed E-state index contributed by atoms with van der Waals surface area (Å²) in [6.07, 6.45) is 5.38. The molecule has 3 atom stereocenters. The van der Waals surface area contributed by atoms with E-state index in [9.17, 15) is 14.7 Å². The number of aromatic carboxylic acids is 1. The maximum atomic E-state index is 15.1. The number of benzene rings is 1. The van der Waals surface area contributed by atoms with Gasteiger partial charge < -0.3 is 20.3 Å². The van der Waals surface area contributed by atoms with Crippen LogP contribution in [0.1, 0.15) is 49.0 Å². The Hall–Kier alpha value is -2.41. The summed E-state index contributed by atoms with van der Waals surface area (Å²) >= 11 is 0. The number of hydrogen-bond acceptors (Lipinski definition) is 4. The van der Waals surface area contributed by atoms with Crippen LogP contribution in [0.25, 0.3) is 10.9 Å². The van der Waals surface area contributed by atoms with Crippen molar-refractivity contribution in [3.8, 4) is 0 Å². The van der Waals surface area contributed by atoms with Gasteiger partial charge in [0.2, 0.25) is 5.43 Å². The number of pyridine rings is 1. The highest BCUT2D eigenvalue weighted by atomic mass is 19.1. The molecule has 6 nitrogen and oxygen atoms in total. The minimum atomic E-state index is -1.28. The van der Waals surface area contributed by atoms with E-state index < -0.39 is 17.2 Å². The summed E-state index contributed by atoms with van der Waals surface area (Å²) in [6, 6.07) is 3.25. The van der Waals surface area contributed by atoms with Gasteiger partial charge in [0, 0.05) is 42.2 Å². The first kappa shape index (κ1) is 17.7. The maximum absolute atomic E-state index is 15.1. The van der Waals surface area contributed by atoms with E-state index in [1.54, 1.807) is 6.07 Å². The summed E-state index contributed by atoms with van der Waals surface area (Å²) in [7, 11) is 0. The van der Waals surface area contributed by atoms with Crippen molar-refractivity contribution >= 4 is 22.6 Å². The average molecular weight is 385 g/mol. The normalized spacial score (nSPS) is 29.5. The molecule has 2 heterocycles. The first-order chi connectivity index (χ1) is 13.3. The minimum Gasteiger partial charge on any atom is -0.477 e. The lowest BCUT2D eigenvalue weighted by Crippen LogP contribution is -2.54. The number of anilines is 1. The van der Waals surface area contributed by atoms with Crippen molar-refractivity contribution < 1.29 is 14.3 Å². The second-order valence-corrected chi connectivity index (χ2v) is 9.00. The number of carbonyl (C=O) groups is 1. The molecule has 1 saturated heterocycles. The predicted octanol–water partition coefficient (Wildman–Crippen LogP) is 2.74. The summed E-state index contributed by atoms with van der Waals surface area (Å²) in [5, 5.41) is 9.51. The molecule has 2 aromatic rings. The zero-order valence-electron chi connectivity index (χ0n) is 15.8. The molecular formula is C21H24FN3O3. The fourth-order valence-corrected chi connectivity index (χ4v) is 5.19. The molecule has 1 aliphatic heterocycles. The smallest absolute Gasteiger partial charge is 0.341 e. The van der Waals surface area contributed by atoms with Crippen LogP contribution in [-0.2, 0) is 0 Å². The average Bonchev–Trinajstić information content (AvgIpc) is 3.45. The third-order valence-corrected chi connectivity index (χ3v) is 7.02. The molecule has 28 heavy (non-hydrogen) atoms. The minimum absolute atomic E-state index is 0.0341. The highest BCUT2D eigenvalue weighted by Crippen LogP contribution is 2.47. The molecule has 3 fully saturated rings. The van der Waals surface area contributed by atoms with Gasteiger partial charge in [-0.15, -0.1) is 0 Å². The largest absolute Gasteiger partial charge is 0.477 e. The van der Waals surface area contributed by atoms with Crippen LogP contribution >= 0.6 is 0 Å². The van der Waals surface area contributed by atoms with Crippen LogP contribution in [0, 0.1) is 17.2 Å². The molecule has 5 rings (SSSR count). The molecule has 3 N–H and O–H groups in total. The number of carboxylic acids is 1. The quantitative estimate of drug-likeness (QED) is 0.848. The fraction of sp³-hybridized carbons (Fsp3) is 0.524. The Kier molecular flexibility index (Phi) is 3.66. The van der Waals surface area contributed by atoms with Crippen LogP contribution in [0.2, 0.25) is 0 Å². The zero-order chi connectivity index (χ0) is 19.8. The summed E-state index contributed by atoms with van der Waals surface area (Å²) < 4.78 is 16.9. The van der Waals surface area contributed by atoms with Gasteiger partial charge in [-0.3, -0.25) is 4.79 Å². The molecule has 3 unspecified atom stereocenters. The first-order valence-electron chi connectivity index (χ1n) is 9.91. The Morgan fingerprint density at radius 3 is 2.71 bits per heavy atom. The first-order valence-corrected chi connectivity index (χ1v) is 9.91. The molecule has 0 radical (unpaired) electrons. The van der Waals surface area contributed by atoms with Crippen molar-refractivity contribution in [1.82, 2.24) is 4.57 Å². The van der Waals surface area contributed by atoms with Crippen LogP contribution in [0.3, 0.4) is 0 Å². The van der Waals surface area contributed by atoms with Crippen molar-refractivity contribution in [2.45, 2.75) is 44.7 Å². The van der Waals surface area contributed by atoms with Gasteiger partial charge in [-0.25, -0.2) is 9.18 Å². The predicted molar refractivity (Wildman–Crippen MR) is 104 cm³/mol. The fourth-order valence-electron chi connectivity index (χ4n) is 5.19. The molecule has 2 saturated carbocycles. The van der Waals surface area contributed by atoms with Crippen molar-refractivity contribution in [3.63, 3.8) is 0 Å². The number of piperidine rings is 1. The monoisotopic (exact) mass is 385 g/mol. The van der Waals surface area contributed by atoms with Gasteiger partial charge in [0.15, 0.2) is 0 Å². The molecule has 1 aromatic heterocycles. The summed E-state index contributed by atoms with van der Waals surface area (Å²) in [5.41, 5.74) is 6.53. The second kappa shape index (κ2) is 5.80. The van der Waals surface area contributed by atoms with Crippen LogP contribution in [0.4, 0.5) is 10.1 Å².